The van der Waals surface area contributed by atoms with Gasteiger partial charge in [0.2, 0.25) is 0 Å². The number of para-hydroxylation sites is 2. The van der Waals surface area contributed by atoms with Gasteiger partial charge in [-0.3, -0.25) is 4.79 Å². The quantitative estimate of drug-likeness (QED) is 0.457. The van der Waals surface area contributed by atoms with Crippen LogP contribution in [0.3, 0.4) is 0 Å². The average molecular weight is 380 g/mol. The summed E-state index contributed by atoms with van der Waals surface area (Å²) in [4.78, 5) is 14.6. The Kier molecular flexibility index (Phi) is 5.53. The zero-order valence-electron chi connectivity index (χ0n) is 15.7. The highest BCUT2D eigenvalue weighted by atomic mass is 16.3. The molecule has 4 rings (SSSR count). The Bertz CT molecular complexity index is 1030. The van der Waals surface area contributed by atoms with E-state index in [-0.39, 0.29) is 11.7 Å². The molecular weight excluding hydrogens is 360 g/mol. The fourth-order valence-electron chi connectivity index (χ4n) is 3.08. The van der Waals surface area contributed by atoms with Gasteiger partial charge in [0.05, 0.1) is 12.0 Å². The van der Waals surface area contributed by atoms with Crippen molar-refractivity contribution in [2.45, 2.75) is 0 Å². The summed E-state index contributed by atoms with van der Waals surface area (Å²) in [6.45, 7) is 0. The van der Waals surface area contributed by atoms with Gasteiger partial charge in [-0.2, -0.15) is 0 Å². The van der Waals surface area contributed by atoms with Crippen LogP contribution < -0.4 is 10.2 Å². The number of hydrogen-bond donors (Lipinski definition) is 1. The summed E-state index contributed by atoms with van der Waals surface area (Å²) >= 11 is 0. The van der Waals surface area contributed by atoms with E-state index in [1.54, 1.807) is 18.3 Å². The maximum Gasteiger partial charge on any atom is 0.290 e. The molecule has 1 heterocycles. The molecule has 0 bridgehead atoms. The molecular formula is C25H20N2O2. The standard InChI is InChI=1S/C25H20N2O2/c28-25(24-17-10-18-29-24)26-19-23(20-11-4-1-5-12-20)27(21-13-6-2-7-14-21)22-15-8-3-9-16-22/h1-19H,(H,26,28). The van der Waals surface area contributed by atoms with Crippen molar-refractivity contribution in [2.24, 2.45) is 0 Å². The van der Waals surface area contributed by atoms with E-state index >= 15 is 0 Å². The van der Waals surface area contributed by atoms with Gasteiger partial charge >= 0.3 is 0 Å². The lowest BCUT2D eigenvalue weighted by Gasteiger charge is -2.28. The van der Waals surface area contributed by atoms with Gasteiger partial charge in [0.15, 0.2) is 5.76 Å². The summed E-state index contributed by atoms with van der Waals surface area (Å²) in [5.41, 5.74) is 3.78. The van der Waals surface area contributed by atoms with Crippen LogP contribution in [-0.4, -0.2) is 5.91 Å². The van der Waals surface area contributed by atoms with E-state index in [0.717, 1.165) is 22.6 Å². The molecule has 0 aliphatic heterocycles. The summed E-state index contributed by atoms with van der Waals surface area (Å²) in [7, 11) is 0. The molecule has 0 atom stereocenters. The minimum absolute atomic E-state index is 0.264. The van der Waals surface area contributed by atoms with E-state index in [0.29, 0.717) is 0 Å². The van der Waals surface area contributed by atoms with E-state index in [9.17, 15) is 4.79 Å². The Morgan fingerprint density at radius 2 is 1.28 bits per heavy atom. The minimum Gasteiger partial charge on any atom is -0.459 e. The first-order valence-electron chi connectivity index (χ1n) is 9.33. The molecule has 0 saturated carbocycles. The summed E-state index contributed by atoms with van der Waals surface area (Å²) < 4.78 is 5.21. The predicted molar refractivity (Wildman–Crippen MR) is 116 cm³/mol. The normalized spacial score (nSPS) is 11.1. The van der Waals surface area contributed by atoms with Crippen LogP contribution in [0.25, 0.3) is 5.70 Å². The Morgan fingerprint density at radius 3 is 1.79 bits per heavy atom. The van der Waals surface area contributed by atoms with Gasteiger partial charge in [-0.15, -0.1) is 0 Å². The van der Waals surface area contributed by atoms with Crippen molar-refractivity contribution in [1.82, 2.24) is 5.32 Å². The number of carbonyl (C=O) groups is 1. The van der Waals surface area contributed by atoms with Gasteiger partial charge in [-0.05, 0) is 42.0 Å². The van der Waals surface area contributed by atoms with Crippen LogP contribution in [0.4, 0.5) is 11.4 Å². The Hall–Kier alpha value is -4.05. The van der Waals surface area contributed by atoms with Crippen LogP contribution in [0, 0.1) is 0 Å². The number of carbonyl (C=O) groups excluding carboxylic acids is 1. The second-order valence-electron chi connectivity index (χ2n) is 6.35. The molecule has 1 aromatic heterocycles. The highest BCUT2D eigenvalue weighted by Gasteiger charge is 2.17. The molecule has 142 valence electrons. The number of nitrogens with zero attached hydrogens (tertiary/aromatic N) is 1. The van der Waals surface area contributed by atoms with Crippen LogP contribution in [0.15, 0.2) is 120 Å². The van der Waals surface area contributed by atoms with Gasteiger partial charge in [-0.25, -0.2) is 0 Å². The SMILES string of the molecule is O=C(NC=C(c1ccccc1)N(c1ccccc1)c1ccccc1)c1ccco1. The first-order chi connectivity index (χ1) is 14.3. The molecule has 0 radical (unpaired) electrons. The van der Waals surface area contributed by atoms with Crippen molar-refractivity contribution >= 4 is 23.0 Å². The van der Waals surface area contributed by atoms with E-state index < -0.39 is 0 Å². The third kappa shape index (κ3) is 4.28. The van der Waals surface area contributed by atoms with E-state index in [1.165, 1.54) is 6.26 Å². The van der Waals surface area contributed by atoms with Crippen LogP contribution >= 0.6 is 0 Å². The highest BCUT2D eigenvalue weighted by Crippen LogP contribution is 2.34. The van der Waals surface area contributed by atoms with E-state index in [1.807, 2.05) is 91.0 Å². The number of anilines is 2. The Balaban J connectivity index is 1.81. The zero-order valence-corrected chi connectivity index (χ0v) is 15.7. The van der Waals surface area contributed by atoms with Crippen LogP contribution in [0.2, 0.25) is 0 Å². The van der Waals surface area contributed by atoms with E-state index in [4.69, 9.17) is 4.42 Å². The first-order valence-corrected chi connectivity index (χ1v) is 9.33. The minimum atomic E-state index is -0.301. The lowest BCUT2D eigenvalue weighted by Crippen LogP contribution is -2.22. The molecule has 4 aromatic rings. The third-order valence-electron chi connectivity index (χ3n) is 4.42. The summed E-state index contributed by atoms with van der Waals surface area (Å²) in [6.07, 6.45) is 3.21. The molecule has 4 heteroatoms. The fraction of sp³-hybridized carbons (Fsp3) is 0. The van der Waals surface area contributed by atoms with Crippen molar-refractivity contribution in [3.05, 3.63) is 127 Å². The number of rotatable bonds is 6. The molecule has 4 nitrogen and oxygen atoms in total. The molecule has 0 fully saturated rings. The molecule has 0 saturated heterocycles. The van der Waals surface area contributed by atoms with Crippen LogP contribution in [-0.2, 0) is 0 Å². The van der Waals surface area contributed by atoms with Crippen molar-refractivity contribution in [3.63, 3.8) is 0 Å². The topological polar surface area (TPSA) is 45.5 Å². The van der Waals surface area contributed by atoms with Crippen molar-refractivity contribution in [3.8, 4) is 0 Å². The highest BCUT2D eigenvalue weighted by molar-refractivity contribution is 5.94. The Morgan fingerprint density at radius 1 is 0.724 bits per heavy atom. The monoisotopic (exact) mass is 380 g/mol. The molecule has 3 aromatic carbocycles. The summed E-state index contributed by atoms with van der Waals surface area (Å²) in [5, 5.41) is 2.87. The molecule has 0 aliphatic rings. The fourth-order valence-corrected chi connectivity index (χ4v) is 3.08. The number of furan rings is 1. The number of amides is 1. The second kappa shape index (κ2) is 8.76. The van der Waals surface area contributed by atoms with Crippen molar-refractivity contribution < 1.29 is 9.21 Å². The van der Waals surface area contributed by atoms with Gasteiger partial charge in [-0.1, -0.05) is 66.7 Å². The smallest absolute Gasteiger partial charge is 0.290 e. The number of benzene rings is 3. The summed E-state index contributed by atoms with van der Waals surface area (Å²) in [6, 6.07) is 33.4. The maximum atomic E-state index is 12.5. The molecule has 0 spiro atoms. The molecule has 1 amide bonds. The number of nitrogens with one attached hydrogen (secondary N) is 1. The number of hydrogen-bond acceptors (Lipinski definition) is 3. The molecule has 0 aliphatic carbocycles. The predicted octanol–water partition coefficient (Wildman–Crippen LogP) is 5.85. The van der Waals surface area contributed by atoms with E-state index in [2.05, 4.69) is 10.2 Å². The maximum absolute atomic E-state index is 12.5. The average Bonchev–Trinajstić information content (AvgIpc) is 3.33. The summed E-state index contributed by atoms with van der Waals surface area (Å²) in [5.74, 6) is -0.0378. The largest absolute Gasteiger partial charge is 0.459 e. The molecule has 0 unspecified atom stereocenters. The van der Waals surface area contributed by atoms with Gasteiger partial charge in [0, 0.05) is 17.6 Å². The van der Waals surface area contributed by atoms with Crippen molar-refractivity contribution in [1.29, 1.82) is 0 Å². The molecule has 29 heavy (non-hydrogen) atoms. The van der Waals surface area contributed by atoms with Gasteiger partial charge in [0.1, 0.15) is 0 Å². The lowest BCUT2D eigenvalue weighted by molar-refractivity contribution is 0.0943. The van der Waals surface area contributed by atoms with Gasteiger partial charge < -0.3 is 14.6 Å². The molecule has 1 N–H and O–H groups in total. The first kappa shape index (κ1) is 18.3. The Labute approximate surface area is 169 Å². The second-order valence-corrected chi connectivity index (χ2v) is 6.35. The zero-order chi connectivity index (χ0) is 19.9. The van der Waals surface area contributed by atoms with Crippen molar-refractivity contribution in [2.75, 3.05) is 4.90 Å². The van der Waals surface area contributed by atoms with Gasteiger partial charge in [0.25, 0.3) is 5.91 Å². The van der Waals surface area contributed by atoms with Crippen LogP contribution in [0.5, 0.6) is 0 Å². The third-order valence-corrected chi connectivity index (χ3v) is 4.42. The lowest BCUT2D eigenvalue weighted by atomic mass is 10.1. The van der Waals surface area contributed by atoms with Crippen LogP contribution in [0.1, 0.15) is 16.1 Å².